The maximum absolute atomic E-state index is 8.71. The van der Waals surface area contributed by atoms with E-state index in [1.807, 2.05) is 5.29 Å². The molecule has 0 aliphatic heterocycles. The first-order valence-corrected chi connectivity index (χ1v) is 1.05. The van der Waals surface area contributed by atoms with Gasteiger partial charge in [-0.05, 0) is 0 Å². The first kappa shape index (κ1) is 3.70. The lowest BCUT2D eigenvalue weighted by Gasteiger charge is -1.39. The van der Waals surface area contributed by atoms with Gasteiger partial charge in [-0.3, -0.25) is 0 Å². The van der Waals surface area contributed by atoms with Crippen molar-refractivity contribution in [3.63, 3.8) is 0 Å². The highest BCUT2D eigenvalue weighted by Crippen LogP contribution is 1.66. The van der Waals surface area contributed by atoms with E-state index in [1.54, 1.807) is 0 Å². The molecule has 0 aromatic heterocycles. The molecule has 0 saturated carbocycles. The zero-order valence-corrected chi connectivity index (χ0v) is 2.80. The van der Waals surface area contributed by atoms with Crippen LogP contribution in [0.2, 0.25) is 0 Å². The molecule has 0 aromatic carbocycles. The number of nitroso groups, excluding NO2 is 1. The van der Waals surface area contributed by atoms with E-state index in [-0.39, 0.29) is 0 Å². The molecule has 4 heavy (non-hydrogen) atoms. The SMILES string of the molecule is O=NN=P. The molecular weight excluding hydrogens is 75.0 g/mol. The second-order valence-corrected chi connectivity index (χ2v) is 0.382. The van der Waals surface area contributed by atoms with Crippen molar-refractivity contribution < 1.29 is 0 Å². The lowest BCUT2D eigenvalue weighted by atomic mass is 12.9. The smallest absolute Gasteiger partial charge is 0.0835 e. The predicted molar refractivity (Wildman–Crippen MR) is 16.5 cm³/mol. The summed E-state index contributed by atoms with van der Waals surface area (Å²) in [4.78, 5) is 11.3. The van der Waals surface area contributed by atoms with Crippen molar-refractivity contribution in [3.8, 4) is 0 Å². The number of hydrogen-bond donors (Lipinski definition) is 0. The van der Waals surface area contributed by atoms with E-state index in [9.17, 15) is 0 Å². The maximum Gasteiger partial charge on any atom is 0.0835 e. The second-order valence-electron chi connectivity index (χ2n) is 0.182. The Hall–Kier alpha value is -0.300. The van der Waals surface area contributed by atoms with Crippen LogP contribution in [0.25, 0.3) is 0 Å². The molecule has 0 amide bonds. The van der Waals surface area contributed by atoms with Gasteiger partial charge in [-0.15, -0.1) is 4.91 Å². The molecule has 0 unspecified atom stereocenters. The Morgan fingerprint density at radius 3 is 2.00 bits per heavy atom. The summed E-state index contributed by atoms with van der Waals surface area (Å²) in [6, 6.07) is 0. The largest absolute Gasteiger partial charge is 0.123 e. The fourth-order valence-electron chi connectivity index (χ4n) is 0. The fraction of sp³-hybridized carbons (Fsp3) is 0. The zero-order chi connectivity index (χ0) is 3.41. The monoisotopic (exact) mass is 76.0 g/mol. The molecule has 0 fully saturated rings. The van der Waals surface area contributed by atoms with Crippen LogP contribution in [0.5, 0.6) is 0 Å². The fourth-order valence-corrected chi connectivity index (χ4v) is 0. The molecule has 0 aromatic rings. The van der Waals surface area contributed by atoms with Gasteiger partial charge < -0.3 is 0 Å². The first-order chi connectivity index (χ1) is 1.91. The molecule has 0 N–H and O–H groups in total. The molecule has 0 bridgehead atoms. The summed E-state index contributed by atoms with van der Waals surface area (Å²) in [6.07, 6.45) is 0. The van der Waals surface area contributed by atoms with Crippen LogP contribution in [0, 0.1) is 4.91 Å². The Labute approximate surface area is 25.3 Å². The van der Waals surface area contributed by atoms with E-state index >= 15 is 0 Å². The minimum Gasteiger partial charge on any atom is -0.123 e. The summed E-state index contributed by atoms with van der Waals surface area (Å²) < 4.78 is 0. The van der Waals surface area contributed by atoms with Crippen LogP contribution in [-0.2, 0) is 0 Å². The summed E-state index contributed by atoms with van der Waals surface area (Å²) in [5, 5.41) is 2.02. The highest BCUT2D eigenvalue weighted by Gasteiger charge is 1.35. The van der Waals surface area contributed by atoms with Gasteiger partial charge in [0.2, 0.25) is 0 Å². The van der Waals surface area contributed by atoms with Crippen LogP contribution in [0.3, 0.4) is 0 Å². The van der Waals surface area contributed by atoms with Gasteiger partial charge in [-0.2, -0.15) is 0 Å². The van der Waals surface area contributed by atoms with Crippen molar-refractivity contribution in [1.82, 2.24) is 0 Å². The first-order valence-electron chi connectivity index (χ1n) is 0.606. The van der Waals surface area contributed by atoms with Crippen molar-refractivity contribution in [2.75, 3.05) is 0 Å². The zero-order valence-electron chi connectivity index (χ0n) is 1.80. The molecule has 0 aliphatic carbocycles. The Balaban J connectivity index is 2.73. The third kappa shape index (κ3) is 1.70. The molecular formula is HN2OP. The summed E-state index contributed by atoms with van der Waals surface area (Å²) >= 11 is 0. The van der Waals surface area contributed by atoms with Gasteiger partial charge in [0.25, 0.3) is 0 Å². The summed E-state index contributed by atoms with van der Waals surface area (Å²) in [7, 11) is 2.43. The Bertz CT molecular complexity index is 27.0. The number of hydrogen-bond acceptors (Lipinski definition) is 1. The molecule has 0 radical (unpaired) electrons. The average molecular weight is 76.0 g/mol. The van der Waals surface area contributed by atoms with Crippen LogP contribution < -0.4 is 0 Å². The van der Waals surface area contributed by atoms with Crippen LogP contribution in [0.4, 0.5) is 0 Å². The maximum atomic E-state index is 8.71. The van der Waals surface area contributed by atoms with E-state index in [0.717, 1.165) is 0 Å². The number of rotatable bonds is 1. The van der Waals surface area contributed by atoms with Gasteiger partial charge in [-0.25, -0.2) is 0 Å². The lowest BCUT2D eigenvalue weighted by molar-refractivity contribution is 1.26. The van der Waals surface area contributed by atoms with Crippen molar-refractivity contribution >= 4 is 9.03 Å². The molecule has 4 heteroatoms. The summed E-state index contributed by atoms with van der Waals surface area (Å²) in [5.41, 5.74) is 0. The molecule has 0 spiro atoms. The summed E-state index contributed by atoms with van der Waals surface area (Å²) in [6.45, 7) is 0. The van der Waals surface area contributed by atoms with Crippen molar-refractivity contribution in [3.05, 3.63) is 4.91 Å². The van der Waals surface area contributed by atoms with Crippen LogP contribution in [-0.4, -0.2) is 0 Å². The average Bonchev–Trinajstić information content (AvgIpc) is 1.37. The van der Waals surface area contributed by atoms with E-state index in [4.69, 9.17) is 4.91 Å². The predicted octanol–water partition coefficient (Wildman–Crippen LogP) is 0.994. The van der Waals surface area contributed by atoms with Crippen molar-refractivity contribution in [2.45, 2.75) is 0 Å². The molecule has 0 saturated heterocycles. The lowest BCUT2D eigenvalue weighted by Crippen LogP contribution is -1.15. The van der Waals surface area contributed by atoms with Gasteiger partial charge in [0, 0.05) is 9.03 Å². The third-order valence-electron chi connectivity index (χ3n) is 0.0408. The molecule has 0 aliphatic rings. The van der Waals surface area contributed by atoms with Crippen LogP contribution >= 0.6 is 9.03 Å². The molecule has 0 atom stereocenters. The van der Waals surface area contributed by atoms with Gasteiger partial charge in [0.05, 0.1) is 5.29 Å². The van der Waals surface area contributed by atoms with E-state index < -0.39 is 0 Å². The highest BCUT2D eigenvalue weighted by molar-refractivity contribution is 7.03. The topological polar surface area (TPSA) is 41.8 Å². The Kier molecular flexibility index (Phi) is 2.50. The minimum atomic E-state index is 2.02. The second kappa shape index (κ2) is 2.70. The standard InChI is InChI=1S/HN2OP/c3-1-2-4/h4H. The number of nitrogens with zero attached hydrogens (tertiary/aromatic N) is 2. The molecule has 0 heterocycles. The quantitative estimate of drug-likeness (QED) is 0.261. The van der Waals surface area contributed by atoms with E-state index in [0.29, 0.717) is 0 Å². The highest BCUT2D eigenvalue weighted by atomic mass is 31.0. The van der Waals surface area contributed by atoms with Crippen LogP contribution in [0.15, 0.2) is 10.1 Å². The van der Waals surface area contributed by atoms with Gasteiger partial charge in [0.1, 0.15) is 0 Å². The molecule has 0 rings (SSSR count). The van der Waals surface area contributed by atoms with Gasteiger partial charge in [-0.1, -0.05) is 4.85 Å². The Morgan fingerprint density at radius 1 is 1.75 bits per heavy atom. The normalized spacial score (nSPS) is 5.00. The van der Waals surface area contributed by atoms with Crippen molar-refractivity contribution in [1.29, 1.82) is 0 Å². The Morgan fingerprint density at radius 2 is 2.00 bits per heavy atom. The van der Waals surface area contributed by atoms with Gasteiger partial charge >= 0.3 is 0 Å². The molecule has 3 nitrogen and oxygen atoms in total. The van der Waals surface area contributed by atoms with Crippen molar-refractivity contribution in [2.24, 2.45) is 10.1 Å². The molecule has 22 valence electrons. The third-order valence-corrected chi connectivity index (χ3v) is 0.122. The summed E-state index contributed by atoms with van der Waals surface area (Å²) in [5.74, 6) is 0. The van der Waals surface area contributed by atoms with E-state index in [2.05, 4.69) is 13.9 Å². The van der Waals surface area contributed by atoms with Gasteiger partial charge in [0.15, 0.2) is 0 Å². The van der Waals surface area contributed by atoms with Crippen LogP contribution in [0.1, 0.15) is 0 Å². The minimum absolute atomic E-state index is 2.02. The van der Waals surface area contributed by atoms with E-state index in [1.165, 1.54) is 0 Å².